The summed E-state index contributed by atoms with van der Waals surface area (Å²) >= 11 is 6.73. The molecule has 3 aromatic carbocycles. The van der Waals surface area contributed by atoms with E-state index in [1.807, 2.05) is 78.6 Å². The van der Waals surface area contributed by atoms with E-state index in [0.717, 1.165) is 27.8 Å². The number of phenols is 1. The van der Waals surface area contributed by atoms with Gasteiger partial charge < -0.3 is 14.4 Å². The Labute approximate surface area is 220 Å². The number of hydrogen-bond acceptors (Lipinski definition) is 4. The second-order valence-electron chi connectivity index (χ2n) is 8.81. The Morgan fingerprint density at radius 3 is 2.35 bits per heavy atom. The standard InChI is InChI=1S/C30H25ClN2O4/c1-3-37-29(35)18-33-27-16-26(31)23(15-24(27)25(30(33)36)14-19-12-13-32(2)17-19)21-10-8-20(9-11-21)22-6-4-5-7-28(22)34/h4-17,34H,3,18H2,1-2H3/b25-14-. The van der Waals surface area contributed by atoms with Crippen LogP contribution in [0.2, 0.25) is 5.02 Å². The quantitative estimate of drug-likeness (QED) is 0.248. The monoisotopic (exact) mass is 512 g/mol. The van der Waals surface area contributed by atoms with E-state index in [1.54, 1.807) is 25.1 Å². The van der Waals surface area contributed by atoms with Gasteiger partial charge >= 0.3 is 5.97 Å². The van der Waals surface area contributed by atoms with Crippen molar-refractivity contribution in [3.8, 4) is 28.0 Å². The molecule has 1 aliphatic rings. The van der Waals surface area contributed by atoms with Crippen LogP contribution in [0, 0.1) is 0 Å². The molecule has 1 N–H and O–H groups in total. The number of aromatic hydroxyl groups is 1. The third-order valence-corrected chi connectivity index (χ3v) is 6.62. The van der Waals surface area contributed by atoms with Gasteiger partial charge in [0.25, 0.3) is 5.91 Å². The van der Waals surface area contributed by atoms with Crippen LogP contribution in [0.25, 0.3) is 33.9 Å². The molecule has 1 aromatic heterocycles. The Morgan fingerprint density at radius 1 is 1.00 bits per heavy atom. The Balaban J connectivity index is 1.58. The maximum Gasteiger partial charge on any atom is 0.326 e. The molecule has 0 spiro atoms. The lowest BCUT2D eigenvalue weighted by Crippen LogP contribution is -2.33. The maximum atomic E-state index is 13.5. The fraction of sp³-hybridized carbons (Fsp3) is 0.133. The first kappa shape index (κ1) is 24.4. The van der Waals surface area contributed by atoms with E-state index in [9.17, 15) is 14.7 Å². The van der Waals surface area contributed by atoms with E-state index in [1.165, 1.54) is 4.90 Å². The van der Waals surface area contributed by atoms with Crippen LogP contribution in [-0.2, 0) is 21.4 Å². The van der Waals surface area contributed by atoms with Crippen molar-refractivity contribution in [1.82, 2.24) is 4.57 Å². The molecule has 1 aliphatic heterocycles. The number of para-hydroxylation sites is 1. The van der Waals surface area contributed by atoms with Crippen LogP contribution in [0.3, 0.4) is 0 Å². The minimum Gasteiger partial charge on any atom is -0.507 e. The normalized spacial score (nSPS) is 13.8. The minimum atomic E-state index is -0.484. The van der Waals surface area contributed by atoms with Crippen molar-refractivity contribution < 1.29 is 19.4 Å². The van der Waals surface area contributed by atoms with Crippen LogP contribution < -0.4 is 4.90 Å². The van der Waals surface area contributed by atoms with Gasteiger partial charge in [0.2, 0.25) is 0 Å². The summed E-state index contributed by atoms with van der Waals surface area (Å²) < 4.78 is 7.00. The lowest BCUT2D eigenvalue weighted by Gasteiger charge is -2.17. The molecule has 5 rings (SSSR count). The lowest BCUT2D eigenvalue weighted by molar-refractivity contribution is -0.142. The Kier molecular flexibility index (Phi) is 6.59. The van der Waals surface area contributed by atoms with Crippen LogP contribution in [0.4, 0.5) is 5.69 Å². The number of phenolic OH excluding ortho intramolecular Hbond substituents is 1. The smallest absolute Gasteiger partial charge is 0.326 e. The summed E-state index contributed by atoms with van der Waals surface area (Å²) in [6.07, 6.45) is 5.65. The van der Waals surface area contributed by atoms with Gasteiger partial charge in [-0.05, 0) is 54.0 Å². The molecule has 186 valence electrons. The molecule has 0 saturated carbocycles. The van der Waals surface area contributed by atoms with E-state index in [0.29, 0.717) is 21.8 Å². The van der Waals surface area contributed by atoms with Crippen molar-refractivity contribution in [3.63, 3.8) is 0 Å². The Bertz CT molecular complexity index is 1540. The van der Waals surface area contributed by atoms with Crippen molar-refractivity contribution in [1.29, 1.82) is 0 Å². The second kappa shape index (κ2) is 9.99. The first-order valence-corrected chi connectivity index (χ1v) is 12.3. The SMILES string of the molecule is CCOC(=O)CN1C(=O)/C(=C\c2ccn(C)c2)c2cc(-c3ccc(-c4ccccc4O)cc3)c(Cl)cc21. The van der Waals surface area contributed by atoms with E-state index in [2.05, 4.69) is 0 Å². The summed E-state index contributed by atoms with van der Waals surface area (Å²) in [7, 11) is 1.91. The molecule has 0 atom stereocenters. The molecule has 0 saturated heterocycles. The molecule has 0 unspecified atom stereocenters. The number of fused-ring (bicyclic) bond motifs is 1. The van der Waals surface area contributed by atoms with Gasteiger partial charge in [-0.1, -0.05) is 54.1 Å². The molecule has 4 aromatic rings. The summed E-state index contributed by atoms with van der Waals surface area (Å²) in [4.78, 5) is 27.2. The van der Waals surface area contributed by atoms with Gasteiger partial charge in [-0.2, -0.15) is 0 Å². The molecule has 0 bridgehead atoms. The van der Waals surface area contributed by atoms with Gasteiger partial charge in [-0.15, -0.1) is 0 Å². The van der Waals surface area contributed by atoms with Crippen LogP contribution in [-0.4, -0.2) is 34.7 Å². The van der Waals surface area contributed by atoms with Crippen molar-refractivity contribution >= 4 is 40.8 Å². The molecule has 6 nitrogen and oxygen atoms in total. The highest BCUT2D eigenvalue weighted by molar-refractivity contribution is 6.39. The number of aromatic nitrogens is 1. The fourth-order valence-electron chi connectivity index (χ4n) is 4.55. The molecule has 7 heteroatoms. The number of nitrogens with zero attached hydrogens (tertiary/aromatic N) is 2. The zero-order chi connectivity index (χ0) is 26.1. The lowest BCUT2D eigenvalue weighted by atomic mass is 9.96. The predicted octanol–water partition coefficient (Wildman–Crippen LogP) is 6.17. The van der Waals surface area contributed by atoms with Gasteiger partial charge in [0.05, 0.1) is 17.3 Å². The molecule has 2 heterocycles. The molecule has 0 aliphatic carbocycles. The number of anilines is 1. The molecule has 0 radical (unpaired) electrons. The van der Waals surface area contributed by atoms with Crippen LogP contribution in [0.15, 0.2) is 79.1 Å². The number of esters is 1. The average molecular weight is 513 g/mol. The number of benzene rings is 3. The number of amides is 1. The summed E-state index contributed by atoms with van der Waals surface area (Å²) in [5.41, 5.74) is 5.85. The molecular formula is C30H25ClN2O4. The van der Waals surface area contributed by atoms with Gasteiger partial charge in [-0.3, -0.25) is 14.5 Å². The Morgan fingerprint density at radius 2 is 1.70 bits per heavy atom. The highest BCUT2D eigenvalue weighted by atomic mass is 35.5. The van der Waals surface area contributed by atoms with Crippen LogP contribution in [0.5, 0.6) is 5.75 Å². The number of carbonyl (C=O) groups excluding carboxylic acids is 2. The van der Waals surface area contributed by atoms with E-state index < -0.39 is 5.97 Å². The number of carbonyl (C=O) groups is 2. The van der Waals surface area contributed by atoms with Crippen molar-refractivity contribution in [2.24, 2.45) is 7.05 Å². The van der Waals surface area contributed by atoms with Crippen molar-refractivity contribution in [3.05, 3.63) is 95.3 Å². The third kappa shape index (κ3) is 4.76. The highest BCUT2D eigenvalue weighted by Crippen LogP contribution is 2.44. The summed E-state index contributed by atoms with van der Waals surface area (Å²) in [5.74, 6) is -0.556. The predicted molar refractivity (Wildman–Crippen MR) is 146 cm³/mol. The zero-order valence-electron chi connectivity index (χ0n) is 20.4. The van der Waals surface area contributed by atoms with Gasteiger partial charge in [-0.25, -0.2) is 0 Å². The van der Waals surface area contributed by atoms with Crippen LogP contribution in [0.1, 0.15) is 18.1 Å². The number of halogens is 1. The zero-order valence-corrected chi connectivity index (χ0v) is 21.2. The maximum absolute atomic E-state index is 13.5. The number of aryl methyl sites for hydroxylation is 1. The largest absolute Gasteiger partial charge is 0.507 e. The van der Waals surface area contributed by atoms with Gasteiger partial charge in [0.15, 0.2) is 0 Å². The molecule has 0 fully saturated rings. The van der Waals surface area contributed by atoms with Gasteiger partial charge in [0.1, 0.15) is 12.3 Å². The first-order chi connectivity index (χ1) is 17.9. The topological polar surface area (TPSA) is 71.8 Å². The van der Waals surface area contributed by atoms with Gasteiger partial charge in [0, 0.05) is 41.7 Å². The summed E-state index contributed by atoms with van der Waals surface area (Å²) in [6, 6.07) is 20.4. The summed E-state index contributed by atoms with van der Waals surface area (Å²) in [5, 5.41) is 10.7. The number of ether oxygens (including phenoxy) is 1. The molecule has 37 heavy (non-hydrogen) atoms. The molecular weight excluding hydrogens is 488 g/mol. The number of hydrogen-bond donors (Lipinski definition) is 1. The summed E-state index contributed by atoms with van der Waals surface area (Å²) in [6.45, 7) is 1.76. The van der Waals surface area contributed by atoms with E-state index in [-0.39, 0.29) is 24.8 Å². The Hall–Kier alpha value is -4.29. The fourth-order valence-corrected chi connectivity index (χ4v) is 4.82. The van der Waals surface area contributed by atoms with Crippen molar-refractivity contribution in [2.45, 2.75) is 6.92 Å². The van der Waals surface area contributed by atoms with E-state index >= 15 is 0 Å². The first-order valence-electron chi connectivity index (χ1n) is 11.9. The third-order valence-electron chi connectivity index (χ3n) is 6.31. The minimum absolute atomic E-state index is 0.198. The van der Waals surface area contributed by atoms with Crippen molar-refractivity contribution in [2.75, 3.05) is 18.1 Å². The van der Waals surface area contributed by atoms with Crippen LogP contribution >= 0.6 is 11.6 Å². The highest BCUT2D eigenvalue weighted by Gasteiger charge is 2.35. The second-order valence-corrected chi connectivity index (χ2v) is 9.22. The number of rotatable bonds is 6. The molecule has 1 amide bonds. The van der Waals surface area contributed by atoms with E-state index in [4.69, 9.17) is 16.3 Å². The average Bonchev–Trinajstić information content (AvgIpc) is 3.40.